The quantitative estimate of drug-likeness (QED) is 0.892. The number of hydrogen-bond acceptors (Lipinski definition) is 5. The van der Waals surface area contributed by atoms with Crippen molar-refractivity contribution in [1.82, 2.24) is 25.1 Å². The molecule has 1 saturated carbocycles. The van der Waals surface area contributed by atoms with Gasteiger partial charge in [-0.25, -0.2) is 14.6 Å². The van der Waals surface area contributed by atoms with E-state index < -0.39 is 6.04 Å². The van der Waals surface area contributed by atoms with Gasteiger partial charge in [-0.1, -0.05) is 0 Å². The Hall–Kier alpha value is -2.57. The van der Waals surface area contributed by atoms with Gasteiger partial charge in [0.25, 0.3) is 5.56 Å². The third-order valence-electron chi connectivity index (χ3n) is 3.89. The average molecular weight is 313 g/mol. The van der Waals surface area contributed by atoms with E-state index in [1.807, 2.05) is 6.07 Å². The standard InChI is InChI=1S/C16H19N5O2/c1-10-3-6-15(22)21(20-10)11(2)16(23)17-8-13-7-14(12-4-5-12)19-9-18-13/h3,6-7,9,11-12H,4-5,8H2,1-2H3,(H,17,23). The lowest BCUT2D eigenvalue weighted by atomic mass is 10.2. The van der Waals surface area contributed by atoms with E-state index >= 15 is 0 Å². The van der Waals surface area contributed by atoms with Crippen LogP contribution in [-0.4, -0.2) is 25.7 Å². The maximum Gasteiger partial charge on any atom is 0.267 e. The van der Waals surface area contributed by atoms with E-state index in [1.54, 1.807) is 19.9 Å². The molecule has 0 aliphatic heterocycles. The molecule has 0 spiro atoms. The Kier molecular flexibility index (Phi) is 4.18. The molecule has 0 saturated heterocycles. The van der Waals surface area contributed by atoms with E-state index in [-0.39, 0.29) is 11.5 Å². The number of nitrogens with one attached hydrogen (secondary N) is 1. The van der Waals surface area contributed by atoms with Crippen molar-refractivity contribution in [3.8, 4) is 0 Å². The first-order valence-electron chi connectivity index (χ1n) is 7.69. The van der Waals surface area contributed by atoms with Crippen LogP contribution >= 0.6 is 0 Å². The molecule has 2 aromatic heterocycles. The Morgan fingerprint density at radius 1 is 1.39 bits per heavy atom. The summed E-state index contributed by atoms with van der Waals surface area (Å²) in [6.45, 7) is 3.74. The van der Waals surface area contributed by atoms with Gasteiger partial charge in [-0.05, 0) is 38.8 Å². The molecule has 1 amide bonds. The van der Waals surface area contributed by atoms with Gasteiger partial charge in [-0.2, -0.15) is 5.10 Å². The molecule has 1 aliphatic carbocycles. The summed E-state index contributed by atoms with van der Waals surface area (Å²) in [7, 11) is 0. The highest BCUT2D eigenvalue weighted by Crippen LogP contribution is 2.38. The minimum atomic E-state index is -0.674. The van der Waals surface area contributed by atoms with Crippen molar-refractivity contribution in [2.75, 3.05) is 0 Å². The van der Waals surface area contributed by atoms with Crippen LogP contribution in [0.15, 0.2) is 29.3 Å². The molecular formula is C16H19N5O2. The highest BCUT2D eigenvalue weighted by atomic mass is 16.2. The average Bonchev–Trinajstić information content (AvgIpc) is 3.39. The maximum absolute atomic E-state index is 12.3. The van der Waals surface area contributed by atoms with Gasteiger partial charge in [0, 0.05) is 17.7 Å². The molecule has 2 heterocycles. The van der Waals surface area contributed by atoms with Crippen LogP contribution in [0.4, 0.5) is 0 Å². The molecule has 120 valence electrons. The maximum atomic E-state index is 12.3. The predicted molar refractivity (Wildman–Crippen MR) is 83.8 cm³/mol. The normalized spacial score (nSPS) is 15.2. The third-order valence-corrected chi connectivity index (χ3v) is 3.89. The number of carbonyl (C=O) groups excluding carboxylic acids is 1. The lowest BCUT2D eigenvalue weighted by Crippen LogP contribution is -2.37. The number of rotatable bonds is 5. The van der Waals surface area contributed by atoms with Gasteiger partial charge >= 0.3 is 0 Å². The number of aromatic nitrogens is 4. The molecule has 1 fully saturated rings. The Morgan fingerprint density at radius 2 is 2.17 bits per heavy atom. The van der Waals surface area contributed by atoms with Crippen LogP contribution in [0.2, 0.25) is 0 Å². The fraction of sp³-hybridized carbons (Fsp3) is 0.438. The first-order valence-corrected chi connectivity index (χ1v) is 7.69. The van der Waals surface area contributed by atoms with E-state index in [9.17, 15) is 9.59 Å². The molecule has 0 radical (unpaired) electrons. The molecule has 1 N–H and O–H groups in total. The second-order valence-electron chi connectivity index (χ2n) is 5.86. The summed E-state index contributed by atoms with van der Waals surface area (Å²) in [5, 5.41) is 6.91. The van der Waals surface area contributed by atoms with Crippen LogP contribution in [0.25, 0.3) is 0 Å². The van der Waals surface area contributed by atoms with Crippen LogP contribution in [0.1, 0.15) is 48.8 Å². The number of amides is 1. The van der Waals surface area contributed by atoms with E-state index in [1.165, 1.54) is 29.9 Å². The lowest BCUT2D eigenvalue weighted by molar-refractivity contribution is -0.124. The van der Waals surface area contributed by atoms with E-state index in [0.29, 0.717) is 18.2 Å². The molecule has 3 rings (SSSR count). The smallest absolute Gasteiger partial charge is 0.267 e. The molecule has 7 heteroatoms. The van der Waals surface area contributed by atoms with Crippen molar-refractivity contribution in [3.63, 3.8) is 0 Å². The Balaban J connectivity index is 1.65. The van der Waals surface area contributed by atoms with Crippen LogP contribution in [-0.2, 0) is 11.3 Å². The largest absolute Gasteiger partial charge is 0.349 e. The zero-order valence-corrected chi connectivity index (χ0v) is 13.2. The zero-order valence-electron chi connectivity index (χ0n) is 13.2. The minimum Gasteiger partial charge on any atom is -0.349 e. The molecule has 0 aromatic carbocycles. The Labute approximate surface area is 133 Å². The summed E-state index contributed by atoms with van der Waals surface area (Å²) in [5.41, 5.74) is 2.20. The SMILES string of the molecule is Cc1ccc(=O)n(C(C)C(=O)NCc2cc(C3CC3)ncn2)n1. The van der Waals surface area contributed by atoms with Gasteiger partial charge in [0.15, 0.2) is 0 Å². The number of hydrogen-bond donors (Lipinski definition) is 1. The summed E-state index contributed by atoms with van der Waals surface area (Å²) < 4.78 is 1.19. The number of nitrogens with zero attached hydrogens (tertiary/aromatic N) is 4. The van der Waals surface area contributed by atoms with Gasteiger partial charge in [0.1, 0.15) is 12.4 Å². The summed E-state index contributed by atoms with van der Waals surface area (Å²) in [4.78, 5) is 32.5. The fourth-order valence-corrected chi connectivity index (χ4v) is 2.35. The molecular weight excluding hydrogens is 294 g/mol. The van der Waals surface area contributed by atoms with Gasteiger partial charge in [-0.3, -0.25) is 9.59 Å². The van der Waals surface area contributed by atoms with Crippen LogP contribution in [0, 0.1) is 6.92 Å². The van der Waals surface area contributed by atoms with Crippen LogP contribution < -0.4 is 10.9 Å². The second kappa shape index (κ2) is 6.28. The number of aryl methyl sites for hydroxylation is 1. The highest BCUT2D eigenvalue weighted by Gasteiger charge is 2.25. The first kappa shape index (κ1) is 15.3. The highest BCUT2D eigenvalue weighted by molar-refractivity contribution is 5.79. The molecule has 1 atom stereocenters. The van der Waals surface area contributed by atoms with Crippen molar-refractivity contribution in [1.29, 1.82) is 0 Å². The topological polar surface area (TPSA) is 89.8 Å². The summed E-state index contributed by atoms with van der Waals surface area (Å²) in [6, 6.07) is 4.30. The summed E-state index contributed by atoms with van der Waals surface area (Å²) in [5.74, 6) is 0.276. The van der Waals surface area contributed by atoms with Crippen molar-refractivity contribution < 1.29 is 4.79 Å². The second-order valence-corrected chi connectivity index (χ2v) is 5.86. The van der Waals surface area contributed by atoms with Gasteiger partial charge < -0.3 is 5.32 Å². The monoisotopic (exact) mass is 313 g/mol. The van der Waals surface area contributed by atoms with E-state index in [4.69, 9.17) is 0 Å². The summed E-state index contributed by atoms with van der Waals surface area (Å²) in [6.07, 6.45) is 3.87. The fourth-order valence-electron chi connectivity index (χ4n) is 2.35. The zero-order chi connectivity index (χ0) is 16.4. The van der Waals surface area contributed by atoms with Crippen molar-refractivity contribution >= 4 is 5.91 Å². The van der Waals surface area contributed by atoms with Crippen LogP contribution in [0.5, 0.6) is 0 Å². The summed E-state index contributed by atoms with van der Waals surface area (Å²) >= 11 is 0. The van der Waals surface area contributed by atoms with Crippen molar-refractivity contribution in [2.24, 2.45) is 0 Å². The lowest BCUT2D eigenvalue weighted by Gasteiger charge is -2.14. The van der Waals surface area contributed by atoms with Gasteiger partial charge in [0.05, 0.1) is 17.9 Å². The molecule has 2 aromatic rings. The minimum absolute atomic E-state index is 0.267. The number of carbonyl (C=O) groups is 1. The van der Waals surface area contributed by atoms with Crippen LogP contribution in [0.3, 0.4) is 0 Å². The molecule has 1 unspecified atom stereocenters. The van der Waals surface area contributed by atoms with E-state index in [2.05, 4.69) is 20.4 Å². The first-order chi connectivity index (χ1) is 11.0. The third kappa shape index (κ3) is 3.61. The Morgan fingerprint density at radius 3 is 2.91 bits per heavy atom. The predicted octanol–water partition coefficient (Wildman–Crippen LogP) is 1.10. The van der Waals surface area contributed by atoms with Gasteiger partial charge in [0.2, 0.25) is 5.91 Å². The molecule has 0 bridgehead atoms. The van der Waals surface area contributed by atoms with Crippen molar-refractivity contribution in [3.05, 3.63) is 52.0 Å². The Bertz CT molecular complexity index is 782. The van der Waals surface area contributed by atoms with Gasteiger partial charge in [-0.15, -0.1) is 0 Å². The molecule has 23 heavy (non-hydrogen) atoms. The van der Waals surface area contributed by atoms with E-state index in [0.717, 1.165) is 11.4 Å². The molecule has 1 aliphatic rings. The molecule has 7 nitrogen and oxygen atoms in total. The van der Waals surface area contributed by atoms with Crippen molar-refractivity contribution in [2.45, 2.75) is 45.2 Å².